The van der Waals surface area contributed by atoms with Crippen LogP contribution in [0.25, 0.3) is 0 Å². The lowest BCUT2D eigenvalue weighted by Gasteiger charge is -2.16. The number of para-hydroxylation sites is 1. The van der Waals surface area contributed by atoms with Gasteiger partial charge in [-0.3, -0.25) is 4.90 Å². The molecule has 1 heterocycles. The average Bonchev–Trinajstić information content (AvgIpc) is 2.78. The van der Waals surface area contributed by atoms with Crippen molar-refractivity contribution in [2.75, 3.05) is 11.9 Å². The molecule has 5 nitrogen and oxygen atoms in total. The Balaban J connectivity index is 2.34. The summed E-state index contributed by atoms with van der Waals surface area (Å²) in [5.74, 6) is -1.10. The summed E-state index contributed by atoms with van der Waals surface area (Å²) in [5.41, 5.74) is 1.89. The number of carboxylic acid groups (broad SMARTS) is 1. The lowest BCUT2D eigenvalue weighted by molar-refractivity contribution is 0.0690. The SMILES string of the molecule is Cc1ccccc1N(C)c1nc(C(=O)O)co1. The zero-order valence-electron chi connectivity index (χ0n) is 9.54. The van der Waals surface area contributed by atoms with Crippen LogP contribution in [0.1, 0.15) is 16.1 Å². The first-order valence-electron chi connectivity index (χ1n) is 5.08. The number of rotatable bonds is 3. The second-order valence-corrected chi connectivity index (χ2v) is 3.67. The number of hydrogen-bond donors (Lipinski definition) is 1. The van der Waals surface area contributed by atoms with Crippen LogP contribution < -0.4 is 4.90 Å². The number of aromatic carboxylic acids is 1. The Labute approximate surface area is 98.3 Å². The Morgan fingerprint density at radius 2 is 2.12 bits per heavy atom. The summed E-state index contributed by atoms with van der Waals surface area (Å²) in [4.78, 5) is 16.3. The fourth-order valence-corrected chi connectivity index (χ4v) is 1.56. The molecule has 0 radical (unpaired) electrons. The molecule has 88 valence electrons. The molecule has 2 rings (SSSR count). The Morgan fingerprint density at radius 3 is 2.71 bits per heavy atom. The zero-order chi connectivity index (χ0) is 12.4. The summed E-state index contributed by atoms with van der Waals surface area (Å²) in [6, 6.07) is 7.98. The van der Waals surface area contributed by atoms with Gasteiger partial charge in [0, 0.05) is 12.7 Å². The minimum absolute atomic E-state index is 0.0968. The fourth-order valence-electron chi connectivity index (χ4n) is 1.56. The lowest BCUT2D eigenvalue weighted by Crippen LogP contribution is -2.11. The van der Waals surface area contributed by atoms with E-state index < -0.39 is 5.97 Å². The molecule has 0 spiro atoms. The van der Waals surface area contributed by atoms with Crippen LogP contribution in [0.3, 0.4) is 0 Å². The molecule has 0 saturated heterocycles. The molecular formula is C12H12N2O3. The van der Waals surface area contributed by atoms with E-state index in [0.717, 1.165) is 17.5 Å². The standard InChI is InChI=1S/C12H12N2O3/c1-8-5-3-4-6-10(8)14(2)12-13-9(7-17-12)11(15)16/h3-7H,1-2H3,(H,15,16). The van der Waals surface area contributed by atoms with Crippen LogP contribution in [-0.2, 0) is 0 Å². The zero-order valence-corrected chi connectivity index (χ0v) is 9.54. The van der Waals surface area contributed by atoms with E-state index in [1.54, 1.807) is 11.9 Å². The maximum Gasteiger partial charge on any atom is 0.357 e. The highest BCUT2D eigenvalue weighted by atomic mass is 16.4. The van der Waals surface area contributed by atoms with Crippen LogP contribution in [0.2, 0.25) is 0 Å². The van der Waals surface area contributed by atoms with E-state index in [1.165, 1.54) is 0 Å². The molecule has 1 N–H and O–H groups in total. The highest BCUT2D eigenvalue weighted by Gasteiger charge is 2.15. The van der Waals surface area contributed by atoms with Gasteiger partial charge in [-0.1, -0.05) is 18.2 Å². The van der Waals surface area contributed by atoms with Crippen LogP contribution in [-0.4, -0.2) is 23.1 Å². The van der Waals surface area contributed by atoms with Crippen molar-refractivity contribution in [3.8, 4) is 0 Å². The van der Waals surface area contributed by atoms with Gasteiger partial charge in [0.2, 0.25) is 0 Å². The van der Waals surface area contributed by atoms with Gasteiger partial charge in [-0.15, -0.1) is 0 Å². The molecule has 1 aromatic heterocycles. The van der Waals surface area contributed by atoms with Gasteiger partial charge < -0.3 is 9.52 Å². The van der Waals surface area contributed by atoms with Crippen molar-refractivity contribution in [3.63, 3.8) is 0 Å². The molecule has 0 fully saturated rings. The van der Waals surface area contributed by atoms with Crippen LogP contribution in [0, 0.1) is 6.92 Å². The van der Waals surface area contributed by atoms with Gasteiger partial charge in [-0.25, -0.2) is 4.79 Å². The molecule has 2 aromatic rings. The Kier molecular flexibility index (Phi) is 2.82. The minimum atomic E-state index is -1.10. The van der Waals surface area contributed by atoms with E-state index in [0.29, 0.717) is 0 Å². The first kappa shape index (κ1) is 11.2. The van der Waals surface area contributed by atoms with Crippen LogP contribution >= 0.6 is 0 Å². The topological polar surface area (TPSA) is 66.6 Å². The monoisotopic (exact) mass is 232 g/mol. The smallest absolute Gasteiger partial charge is 0.357 e. The van der Waals surface area contributed by atoms with Crippen molar-refractivity contribution in [1.82, 2.24) is 4.98 Å². The van der Waals surface area contributed by atoms with Gasteiger partial charge in [-0.05, 0) is 18.6 Å². The highest BCUT2D eigenvalue weighted by molar-refractivity contribution is 5.85. The summed E-state index contributed by atoms with van der Waals surface area (Å²) in [7, 11) is 1.78. The third kappa shape index (κ3) is 2.13. The molecule has 17 heavy (non-hydrogen) atoms. The van der Waals surface area contributed by atoms with Crippen LogP contribution in [0.5, 0.6) is 0 Å². The maximum atomic E-state index is 10.7. The van der Waals surface area contributed by atoms with E-state index in [-0.39, 0.29) is 11.7 Å². The second kappa shape index (κ2) is 4.29. The second-order valence-electron chi connectivity index (χ2n) is 3.67. The van der Waals surface area contributed by atoms with E-state index in [1.807, 2.05) is 31.2 Å². The first-order chi connectivity index (χ1) is 8.09. The van der Waals surface area contributed by atoms with E-state index in [2.05, 4.69) is 4.98 Å². The third-order valence-corrected chi connectivity index (χ3v) is 2.47. The third-order valence-electron chi connectivity index (χ3n) is 2.47. The summed E-state index contributed by atoms with van der Waals surface area (Å²) >= 11 is 0. The fraction of sp³-hybridized carbons (Fsp3) is 0.167. The molecule has 5 heteroatoms. The predicted molar refractivity (Wildman–Crippen MR) is 62.7 cm³/mol. The van der Waals surface area contributed by atoms with Gasteiger partial charge in [-0.2, -0.15) is 4.98 Å². The van der Waals surface area contributed by atoms with Crippen molar-refractivity contribution < 1.29 is 14.3 Å². The minimum Gasteiger partial charge on any atom is -0.476 e. The number of nitrogens with zero attached hydrogens (tertiary/aromatic N) is 2. The number of hydrogen-bond acceptors (Lipinski definition) is 4. The number of carbonyl (C=O) groups is 1. The Morgan fingerprint density at radius 1 is 1.41 bits per heavy atom. The summed E-state index contributed by atoms with van der Waals surface area (Å²) in [5, 5.41) is 8.76. The van der Waals surface area contributed by atoms with Gasteiger partial charge in [0.05, 0.1) is 0 Å². The normalized spacial score (nSPS) is 10.2. The molecule has 0 bridgehead atoms. The predicted octanol–water partition coefficient (Wildman–Crippen LogP) is 2.45. The molecule has 0 atom stereocenters. The first-order valence-corrected chi connectivity index (χ1v) is 5.08. The Bertz CT molecular complexity index is 548. The van der Waals surface area contributed by atoms with E-state index in [9.17, 15) is 4.79 Å². The van der Waals surface area contributed by atoms with Gasteiger partial charge >= 0.3 is 12.0 Å². The summed E-state index contributed by atoms with van der Waals surface area (Å²) in [6.45, 7) is 1.97. The van der Waals surface area contributed by atoms with Crippen molar-refractivity contribution in [2.24, 2.45) is 0 Å². The number of aromatic nitrogens is 1. The van der Waals surface area contributed by atoms with Crippen LogP contribution in [0.15, 0.2) is 34.9 Å². The molecule has 0 amide bonds. The summed E-state index contributed by atoms with van der Waals surface area (Å²) in [6.07, 6.45) is 1.13. The van der Waals surface area contributed by atoms with Crippen LogP contribution in [0.4, 0.5) is 11.7 Å². The molecule has 0 saturated carbocycles. The molecule has 1 aromatic carbocycles. The highest BCUT2D eigenvalue weighted by Crippen LogP contribution is 2.25. The molecule has 0 aliphatic heterocycles. The largest absolute Gasteiger partial charge is 0.476 e. The Hall–Kier alpha value is -2.30. The average molecular weight is 232 g/mol. The van der Waals surface area contributed by atoms with Crippen molar-refractivity contribution in [1.29, 1.82) is 0 Å². The molecule has 0 aliphatic rings. The van der Waals surface area contributed by atoms with E-state index in [4.69, 9.17) is 9.52 Å². The van der Waals surface area contributed by atoms with Gasteiger partial charge in [0.25, 0.3) is 0 Å². The van der Waals surface area contributed by atoms with Gasteiger partial charge in [0.15, 0.2) is 5.69 Å². The molecule has 0 unspecified atom stereocenters. The van der Waals surface area contributed by atoms with Crippen molar-refractivity contribution >= 4 is 17.7 Å². The maximum absolute atomic E-state index is 10.7. The van der Waals surface area contributed by atoms with Gasteiger partial charge in [0.1, 0.15) is 6.26 Å². The number of aryl methyl sites for hydroxylation is 1. The van der Waals surface area contributed by atoms with Crippen molar-refractivity contribution in [3.05, 3.63) is 41.8 Å². The lowest BCUT2D eigenvalue weighted by atomic mass is 10.2. The van der Waals surface area contributed by atoms with Crippen molar-refractivity contribution in [2.45, 2.75) is 6.92 Å². The number of anilines is 2. The number of oxazole rings is 1. The van der Waals surface area contributed by atoms with E-state index >= 15 is 0 Å². The number of benzene rings is 1. The molecular weight excluding hydrogens is 220 g/mol. The number of carboxylic acids is 1. The quantitative estimate of drug-likeness (QED) is 0.880. The summed E-state index contributed by atoms with van der Waals surface area (Å²) < 4.78 is 5.13. The molecule has 0 aliphatic carbocycles.